The van der Waals surface area contributed by atoms with Crippen molar-refractivity contribution in [3.63, 3.8) is 0 Å². The number of hydrogen-bond donors (Lipinski definition) is 3. The van der Waals surface area contributed by atoms with Crippen LogP contribution in [0, 0.1) is 44.3 Å². The predicted octanol–water partition coefficient (Wildman–Crippen LogP) is 9.76. The number of esters is 1. The molecule has 5 aliphatic carbocycles. The van der Waals surface area contributed by atoms with Gasteiger partial charge >= 0.3 is 17.9 Å². The fourth-order valence-electron chi connectivity index (χ4n) is 12.4. The molecule has 0 saturated heterocycles. The Kier molecular flexibility index (Phi) is 9.13. The van der Waals surface area contributed by atoms with E-state index < -0.39 is 17.9 Å². The van der Waals surface area contributed by atoms with Crippen molar-refractivity contribution in [2.45, 2.75) is 112 Å². The first-order chi connectivity index (χ1) is 25.3. The maximum absolute atomic E-state index is 13.5. The molecule has 3 fully saturated rings. The highest BCUT2D eigenvalue weighted by atomic mass is 16.5. The molecule has 0 aromatic heterocycles. The van der Waals surface area contributed by atoms with E-state index in [9.17, 15) is 29.4 Å². The van der Waals surface area contributed by atoms with Gasteiger partial charge in [-0.05, 0) is 127 Å². The molecule has 8 atom stereocenters. The first-order valence-corrected chi connectivity index (χ1v) is 19.9. The Morgan fingerprint density at radius 2 is 1.33 bits per heavy atom. The van der Waals surface area contributed by atoms with Gasteiger partial charge in [-0.3, -0.25) is 4.79 Å². The van der Waals surface area contributed by atoms with Gasteiger partial charge in [0.2, 0.25) is 0 Å². The Hall–Kier alpha value is -4.20. The van der Waals surface area contributed by atoms with Crippen molar-refractivity contribution >= 4 is 23.8 Å². The van der Waals surface area contributed by atoms with Gasteiger partial charge in [0.15, 0.2) is 0 Å². The fraction of sp³-hybridized carbons (Fsp3) is 0.565. The number of carboxylic acid groups (broad SMARTS) is 2. The molecular formula is C46H57NO7. The van der Waals surface area contributed by atoms with Crippen LogP contribution in [0.5, 0.6) is 0 Å². The Labute approximate surface area is 319 Å². The summed E-state index contributed by atoms with van der Waals surface area (Å²) >= 11 is 0. The van der Waals surface area contributed by atoms with E-state index >= 15 is 0 Å². The maximum Gasteiger partial charge on any atom is 0.339 e. The van der Waals surface area contributed by atoms with Crippen molar-refractivity contribution in [3.8, 4) is 0 Å². The van der Waals surface area contributed by atoms with E-state index in [4.69, 9.17) is 4.74 Å². The lowest BCUT2D eigenvalue weighted by atomic mass is 9.35. The van der Waals surface area contributed by atoms with Crippen LogP contribution in [0.25, 0.3) is 0 Å². The number of fused-ring (bicyclic) bond motifs is 6. The van der Waals surface area contributed by atoms with Crippen LogP contribution in [0.15, 0.2) is 71.8 Å². The molecule has 0 aliphatic heterocycles. The van der Waals surface area contributed by atoms with Crippen LogP contribution < -0.4 is 5.32 Å². The summed E-state index contributed by atoms with van der Waals surface area (Å²) in [6, 6.07) is 12.7. The molecule has 288 valence electrons. The van der Waals surface area contributed by atoms with E-state index in [1.165, 1.54) is 23.3 Å². The van der Waals surface area contributed by atoms with E-state index in [0.29, 0.717) is 18.4 Å². The minimum atomic E-state index is -1.14. The molecule has 54 heavy (non-hydrogen) atoms. The zero-order valence-corrected chi connectivity index (χ0v) is 33.0. The highest BCUT2D eigenvalue weighted by Crippen LogP contribution is 2.74. The van der Waals surface area contributed by atoms with Crippen molar-refractivity contribution in [3.05, 3.63) is 94.1 Å². The Bertz CT molecular complexity index is 1980. The molecule has 2 aromatic carbocycles. The number of hydrogen-bond acceptors (Lipinski definition) is 5. The van der Waals surface area contributed by atoms with Crippen molar-refractivity contribution < 1.29 is 34.1 Å². The maximum atomic E-state index is 13.5. The van der Waals surface area contributed by atoms with Gasteiger partial charge < -0.3 is 20.3 Å². The number of aromatic carboxylic acids is 2. The molecule has 0 spiro atoms. The topological polar surface area (TPSA) is 130 Å². The van der Waals surface area contributed by atoms with Crippen LogP contribution in [-0.2, 0) is 4.74 Å². The lowest BCUT2D eigenvalue weighted by Crippen LogP contribution is -2.63. The number of nitrogens with one attached hydrogen (secondary N) is 1. The summed E-state index contributed by atoms with van der Waals surface area (Å²) < 4.78 is 6.23. The molecule has 5 aliphatic rings. The smallest absolute Gasteiger partial charge is 0.339 e. The largest absolute Gasteiger partial charge is 0.478 e. The van der Waals surface area contributed by atoms with Crippen LogP contribution in [0.4, 0.5) is 0 Å². The van der Waals surface area contributed by atoms with Crippen LogP contribution in [0.1, 0.15) is 148 Å². The number of carbonyl (C=O) groups excluding carboxylic acids is 2. The minimum absolute atomic E-state index is 0.00750. The van der Waals surface area contributed by atoms with Gasteiger partial charge in [0.1, 0.15) is 6.10 Å². The molecule has 0 heterocycles. The van der Waals surface area contributed by atoms with Gasteiger partial charge in [-0.2, -0.15) is 0 Å². The Morgan fingerprint density at radius 1 is 0.741 bits per heavy atom. The zero-order valence-electron chi connectivity index (χ0n) is 33.0. The second-order valence-corrected chi connectivity index (χ2v) is 19.3. The number of amides is 1. The highest BCUT2D eigenvalue weighted by Gasteiger charge is 2.67. The van der Waals surface area contributed by atoms with Gasteiger partial charge in [-0.25, -0.2) is 14.4 Å². The van der Waals surface area contributed by atoms with Crippen LogP contribution in [-0.4, -0.2) is 46.7 Å². The summed E-state index contributed by atoms with van der Waals surface area (Å²) in [6.07, 6.45) is 13.6. The molecule has 0 unspecified atom stereocenters. The molecule has 0 bridgehead atoms. The van der Waals surface area contributed by atoms with Gasteiger partial charge in [0, 0.05) is 12.0 Å². The first-order valence-electron chi connectivity index (χ1n) is 19.9. The van der Waals surface area contributed by atoms with E-state index in [1.807, 2.05) is 0 Å². The Morgan fingerprint density at radius 3 is 1.98 bits per heavy atom. The molecule has 3 saturated carbocycles. The molecule has 8 nitrogen and oxygen atoms in total. The average Bonchev–Trinajstić information content (AvgIpc) is 3.13. The highest BCUT2D eigenvalue weighted by molar-refractivity contribution is 6.05. The van der Waals surface area contributed by atoms with Crippen molar-refractivity contribution in [1.29, 1.82) is 0 Å². The monoisotopic (exact) mass is 735 g/mol. The zero-order chi connectivity index (χ0) is 39.1. The normalized spacial score (nSPS) is 36.5. The van der Waals surface area contributed by atoms with Gasteiger partial charge in [-0.15, -0.1) is 0 Å². The standard InChI is InChI=1S/C46H57NO7/c1-41(2)34-18-21-46(7)35(44(34,5)20-19-36(41)54-40(53)31-15-11-10-14-30(31)39(51)52)17-16-32-33-26-42(3,22-23-43(33,4)24-25-45(32,46)6)27-47-37(48)28-12-8-9-13-29(28)38(49)50/h8-17,34-36H,18-27H2,1-7H3,(H,47,48)(H,49,50)(H,51,52)/t34-,35+,36-,42-,43+,44-,45+,46+/m0/s1. The third-order valence-electron chi connectivity index (χ3n) is 15.9. The summed E-state index contributed by atoms with van der Waals surface area (Å²) in [7, 11) is 0. The molecule has 8 heteroatoms. The number of allylic oxidation sites excluding steroid dienone is 4. The van der Waals surface area contributed by atoms with E-state index in [1.54, 1.807) is 36.4 Å². The number of carbonyl (C=O) groups is 4. The van der Waals surface area contributed by atoms with Crippen LogP contribution >= 0.6 is 0 Å². The van der Waals surface area contributed by atoms with Crippen LogP contribution in [0.2, 0.25) is 0 Å². The van der Waals surface area contributed by atoms with Gasteiger partial charge in [-0.1, -0.05) is 90.5 Å². The molecule has 0 radical (unpaired) electrons. The number of rotatable bonds is 7. The van der Waals surface area contributed by atoms with Gasteiger partial charge in [0.25, 0.3) is 5.91 Å². The summed E-state index contributed by atoms with van der Waals surface area (Å²) in [5, 5.41) is 22.5. The van der Waals surface area contributed by atoms with E-state index in [2.05, 4.69) is 65.9 Å². The lowest BCUT2D eigenvalue weighted by Gasteiger charge is -2.69. The number of carboxylic acids is 2. The number of benzene rings is 2. The molecule has 1 amide bonds. The van der Waals surface area contributed by atoms with Gasteiger partial charge in [0.05, 0.1) is 22.3 Å². The van der Waals surface area contributed by atoms with Crippen molar-refractivity contribution in [2.24, 2.45) is 44.3 Å². The summed E-state index contributed by atoms with van der Waals surface area (Å²) in [5.74, 6) is -2.49. The quantitative estimate of drug-likeness (QED) is 0.242. The summed E-state index contributed by atoms with van der Waals surface area (Å²) in [6.45, 7) is 17.2. The van der Waals surface area contributed by atoms with Crippen molar-refractivity contribution in [1.82, 2.24) is 5.32 Å². The SMILES string of the molecule is CC1(C)[C@@H](OC(=O)c2ccccc2C(=O)O)CC[C@]2(C)[C@H]3C=CC4=C5C[C@@](C)(CNC(=O)c6ccccc6C(=O)O)CC[C@]5(C)CC[C@@]4(C)[C@]3(C)CC[C@@H]12. The third-order valence-corrected chi connectivity index (χ3v) is 15.9. The minimum Gasteiger partial charge on any atom is -0.478 e. The van der Waals surface area contributed by atoms with E-state index in [0.717, 1.165) is 57.8 Å². The molecule has 7 rings (SSSR count). The number of ether oxygens (including phenoxy) is 1. The summed E-state index contributed by atoms with van der Waals surface area (Å²) in [4.78, 5) is 50.5. The predicted molar refractivity (Wildman–Crippen MR) is 207 cm³/mol. The Balaban J connectivity index is 1.15. The fourth-order valence-corrected chi connectivity index (χ4v) is 12.4. The first kappa shape index (κ1) is 38.1. The molecule has 3 N–H and O–H groups in total. The summed E-state index contributed by atoms with van der Waals surface area (Å²) in [5.41, 5.74) is 2.94. The average molecular weight is 736 g/mol. The van der Waals surface area contributed by atoms with Crippen LogP contribution in [0.3, 0.4) is 0 Å². The van der Waals surface area contributed by atoms with E-state index in [-0.39, 0.29) is 66.8 Å². The third kappa shape index (κ3) is 5.76. The second-order valence-electron chi connectivity index (χ2n) is 19.3. The second kappa shape index (κ2) is 12.9. The lowest BCUT2D eigenvalue weighted by molar-refractivity contribution is -0.183. The van der Waals surface area contributed by atoms with Crippen molar-refractivity contribution in [2.75, 3.05) is 6.54 Å². The molecule has 2 aromatic rings. The molecular weight excluding hydrogens is 679 g/mol.